The Kier molecular flexibility index (Phi) is 5.05. The van der Waals surface area contributed by atoms with E-state index in [4.69, 9.17) is 18.9 Å². The predicted octanol–water partition coefficient (Wildman–Crippen LogP) is 2.72. The number of fused-ring (bicyclic) bond motifs is 2. The lowest BCUT2D eigenvalue weighted by molar-refractivity contribution is -0.121. The molecule has 0 saturated carbocycles. The number of aryl methyl sites for hydroxylation is 1. The van der Waals surface area contributed by atoms with Gasteiger partial charge in [0.2, 0.25) is 12.7 Å². The zero-order chi connectivity index (χ0) is 18.6. The van der Waals surface area contributed by atoms with Crippen molar-refractivity contribution in [3.8, 4) is 23.0 Å². The van der Waals surface area contributed by atoms with Gasteiger partial charge in [-0.3, -0.25) is 4.79 Å². The first-order chi connectivity index (χ1) is 13.2. The third-order valence-corrected chi connectivity index (χ3v) is 4.92. The van der Waals surface area contributed by atoms with Crippen LogP contribution in [0.1, 0.15) is 17.5 Å². The molecule has 142 valence electrons. The van der Waals surface area contributed by atoms with Gasteiger partial charge in [0.15, 0.2) is 11.5 Å². The first-order valence-electron chi connectivity index (χ1n) is 9.16. The minimum Gasteiger partial charge on any atom is -0.497 e. The minimum atomic E-state index is 0.0493. The molecule has 1 atom stereocenters. The Hall–Kier alpha value is -2.89. The third kappa shape index (κ3) is 4.10. The molecular weight excluding hydrogens is 346 g/mol. The number of benzene rings is 2. The van der Waals surface area contributed by atoms with Crippen molar-refractivity contribution in [3.05, 3.63) is 47.5 Å². The number of hydrogen-bond acceptors (Lipinski definition) is 5. The Labute approximate surface area is 158 Å². The molecule has 0 saturated heterocycles. The second kappa shape index (κ2) is 7.78. The second-order valence-corrected chi connectivity index (χ2v) is 6.85. The SMILES string of the molecule is COc1ccc2c(c1)OCC(CNC(=O)CCc1ccc3c(c1)OCO3)C2. The van der Waals surface area contributed by atoms with E-state index in [0.29, 0.717) is 26.0 Å². The smallest absolute Gasteiger partial charge is 0.231 e. The fourth-order valence-electron chi connectivity index (χ4n) is 3.37. The van der Waals surface area contributed by atoms with Gasteiger partial charge in [-0.15, -0.1) is 0 Å². The average Bonchev–Trinajstić information content (AvgIpc) is 3.18. The van der Waals surface area contributed by atoms with Crippen molar-refractivity contribution in [2.45, 2.75) is 19.3 Å². The zero-order valence-corrected chi connectivity index (χ0v) is 15.3. The second-order valence-electron chi connectivity index (χ2n) is 6.85. The molecule has 27 heavy (non-hydrogen) atoms. The van der Waals surface area contributed by atoms with Gasteiger partial charge in [0, 0.05) is 24.9 Å². The Morgan fingerprint density at radius 3 is 2.89 bits per heavy atom. The van der Waals surface area contributed by atoms with Gasteiger partial charge in [0.25, 0.3) is 0 Å². The summed E-state index contributed by atoms with van der Waals surface area (Å²) in [7, 11) is 1.65. The molecule has 4 rings (SSSR count). The van der Waals surface area contributed by atoms with E-state index in [9.17, 15) is 4.79 Å². The van der Waals surface area contributed by atoms with Crippen LogP contribution >= 0.6 is 0 Å². The molecular formula is C21H23NO5. The summed E-state index contributed by atoms with van der Waals surface area (Å²) in [5.74, 6) is 3.51. The van der Waals surface area contributed by atoms with Crippen molar-refractivity contribution >= 4 is 5.91 Å². The summed E-state index contributed by atoms with van der Waals surface area (Å²) in [6, 6.07) is 11.7. The maximum Gasteiger partial charge on any atom is 0.231 e. The molecule has 2 aromatic carbocycles. The highest BCUT2D eigenvalue weighted by Crippen LogP contribution is 2.33. The van der Waals surface area contributed by atoms with E-state index >= 15 is 0 Å². The minimum absolute atomic E-state index is 0.0493. The quantitative estimate of drug-likeness (QED) is 0.848. The van der Waals surface area contributed by atoms with E-state index in [1.165, 1.54) is 0 Å². The van der Waals surface area contributed by atoms with Crippen LogP contribution in [0.3, 0.4) is 0 Å². The lowest BCUT2D eigenvalue weighted by Gasteiger charge is -2.25. The summed E-state index contributed by atoms with van der Waals surface area (Å²) in [5.41, 5.74) is 2.22. The van der Waals surface area contributed by atoms with Crippen molar-refractivity contribution in [2.75, 3.05) is 27.1 Å². The van der Waals surface area contributed by atoms with Gasteiger partial charge in [-0.05, 0) is 42.2 Å². The fraction of sp³-hybridized carbons (Fsp3) is 0.381. The van der Waals surface area contributed by atoms with Crippen LogP contribution in [0, 0.1) is 5.92 Å². The molecule has 2 aliphatic heterocycles. The number of carbonyl (C=O) groups is 1. The van der Waals surface area contributed by atoms with Gasteiger partial charge < -0.3 is 24.3 Å². The molecule has 0 radical (unpaired) electrons. The van der Waals surface area contributed by atoms with E-state index in [1.807, 2.05) is 36.4 Å². The molecule has 0 aliphatic carbocycles. The maximum atomic E-state index is 12.2. The number of rotatable bonds is 6. The molecule has 2 aromatic rings. The number of methoxy groups -OCH3 is 1. The number of carbonyl (C=O) groups excluding carboxylic acids is 1. The van der Waals surface area contributed by atoms with E-state index in [1.54, 1.807) is 7.11 Å². The van der Waals surface area contributed by atoms with Crippen LogP contribution in [0.25, 0.3) is 0 Å². The van der Waals surface area contributed by atoms with E-state index in [-0.39, 0.29) is 18.6 Å². The van der Waals surface area contributed by atoms with Crippen LogP contribution < -0.4 is 24.3 Å². The van der Waals surface area contributed by atoms with Crippen molar-refractivity contribution in [1.29, 1.82) is 0 Å². The highest BCUT2D eigenvalue weighted by atomic mass is 16.7. The summed E-state index contributed by atoms with van der Waals surface area (Å²) >= 11 is 0. The summed E-state index contributed by atoms with van der Waals surface area (Å²) in [6.07, 6.45) is 2.01. The molecule has 2 aliphatic rings. The summed E-state index contributed by atoms with van der Waals surface area (Å²) in [5, 5.41) is 3.03. The van der Waals surface area contributed by atoms with Crippen LogP contribution in [0.4, 0.5) is 0 Å². The zero-order valence-electron chi connectivity index (χ0n) is 15.3. The molecule has 6 nitrogen and oxygen atoms in total. The molecule has 2 heterocycles. The standard InChI is InChI=1S/C21H23NO5/c1-24-17-5-4-16-8-15(12-25-19(16)10-17)11-22-21(23)7-3-14-2-6-18-20(9-14)27-13-26-18/h2,4-6,9-10,15H,3,7-8,11-13H2,1H3,(H,22,23). The molecule has 6 heteroatoms. The first kappa shape index (κ1) is 17.5. The number of amides is 1. The summed E-state index contributed by atoms with van der Waals surface area (Å²) < 4.78 is 21.7. The van der Waals surface area contributed by atoms with E-state index in [0.717, 1.165) is 40.5 Å². The van der Waals surface area contributed by atoms with E-state index < -0.39 is 0 Å². The van der Waals surface area contributed by atoms with Crippen molar-refractivity contribution < 1.29 is 23.7 Å². The number of ether oxygens (including phenoxy) is 4. The Balaban J connectivity index is 1.23. The first-order valence-corrected chi connectivity index (χ1v) is 9.16. The molecule has 0 fully saturated rings. The summed E-state index contributed by atoms with van der Waals surface area (Å²) in [4.78, 5) is 12.2. The molecule has 1 unspecified atom stereocenters. The monoisotopic (exact) mass is 369 g/mol. The number of hydrogen-bond donors (Lipinski definition) is 1. The van der Waals surface area contributed by atoms with Crippen molar-refractivity contribution in [3.63, 3.8) is 0 Å². The highest BCUT2D eigenvalue weighted by molar-refractivity contribution is 5.76. The average molecular weight is 369 g/mol. The molecule has 0 aromatic heterocycles. The topological polar surface area (TPSA) is 66.0 Å². The van der Waals surface area contributed by atoms with Crippen LogP contribution in [0.5, 0.6) is 23.0 Å². The summed E-state index contributed by atoms with van der Waals surface area (Å²) in [6.45, 7) is 1.48. The van der Waals surface area contributed by atoms with Crippen molar-refractivity contribution in [2.24, 2.45) is 5.92 Å². The van der Waals surface area contributed by atoms with E-state index in [2.05, 4.69) is 5.32 Å². The van der Waals surface area contributed by atoms with Gasteiger partial charge >= 0.3 is 0 Å². The van der Waals surface area contributed by atoms with Crippen LogP contribution in [-0.4, -0.2) is 33.0 Å². The van der Waals surface area contributed by atoms with Crippen molar-refractivity contribution in [1.82, 2.24) is 5.32 Å². The van der Waals surface area contributed by atoms with Crippen LogP contribution in [-0.2, 0) is 17.6 Å². The highest BCUT2D eigenvalue weighted by Gasteiger charge is 2.21. The normalized spacial score (nSPS) is 17.0. The fourth-order valence-corrected chi connectivity index (χ4v) is 3.37. The predicted molar refractivity (Wildman–Crippen MR) is 99.6 cm³/mol. The molecule has 0 bridgehead atoms. The van der Waals surface area contributed by atoms with Crippen LogP contribution in [0.2, 0.25) is 0 Å². The number of nitrogens with one attached hydrogen (secondary N) is 1. The van der Waals surface area contributed by atoms with Gasteiger partial charge in [0.1, 0.15) is 11.5 Å². The lowest BCUT2D eigenvalue weighted by Crippen LogP contribution is -2.34. The third-order valence-electron chi connectivity index (χ3n) is 4.92. The van der Waals surface area contributed by atoms with Gasteiger partial charge in [-0.2, -0.15) is 0 Å². The molecule has 1 N–H and O–H groups in total. The maximum absolute atomic E-state index is 12.2. The Bertz CT molecular complexity index is 835. The largest absolute Gasteiger partial charge is 0.497 e. The molecule has 0 spiro atoms. The Morgan fingerprint density at radius 2 is 2.00 bits per heavy atom. The Morgan fingerprint density at radius 1 is 1.11 bits per heavy atom. The van der Waals surface area contributed by atoms with Gasteiger partial charge in [-0.25, -0.2) is 0 Å². The van der Waals surface area contributed by atoms with Gasteiger partial charge in [-0.1, -0.05) is 12.1 Å². The lowest BCUT2D eigenvalue weighted by atomic mass is 9.96. The van der Waals surface area contributed by atoms with Crippen LogP contribution in [0.15, 0.2) is 36.4 Å². The van der Waals surface area contributed by atoms with Gasteiger partial charge in [0.05, 0.1) is 13.7 Å². The molecule has 1 amide bonds.